The minimum absolute atomic E-state index is 0.0681. The summed E-state index contributed by atoms with van der Waals surface area (Å²) >= 11 is 1.19. The minimum atomic E-state index is -3.52. The molecule has 4 nitrogen and oxygen atoms in total. The molecule has 21 heavy (non-hydrogen) atoms. The summed E-state index contributed by atoms with van der Waals surface area (Å²) in [5.74, 6) is -0.242. The monoisotopic (exact) mass is 323 g/mol. The van der Waals surface area contributed by atoms with Crippen molar-refractivity contribution < 1.29 is 13.2 Å². The number of rotatable bonds is 5. The molecule has 1 atom stereocenters. The smallest absolute Gasteiger partial charge is 0.216 e. The van der Waals surface area contributed by atoms with Crippen molar-refractivity contribution in [3.8, 4) is 0 Å². The molecule has 6 heteroatoms. The normalized spacial score (nSPS) is 12.9. The fourth-order valence-corrected chi connectivity index (χ4v) is 4.86. The minimum Gasteiger partial charge on any atom is -0.355 e. The molecule has 1 amide bonds. The highest BCUT2D eigenvalue weighted by molar-refractivity contribution is 7.93. The molecule has 0 aliphatic heterocycles. The molecule has 1 heterocycles. The predicted molar refractivity (Wildman–Crippen MR) is 84.1 cm³/mol. The number of amides is 1. The van der Waals surface area contributed by atoms with Crippen LogP contribution in [0.1, 0.15) is 23.3 Å². The number of sulfone groups is 1. The molecule has 0 spiro atoms. The van der Waals surface area contributed by atoms with Crippen LogP contribution in [0.25, 0.3) is 0 Å². The van der Waals surface area contributed by atoms with Gasteiger partial charge in [-0.15, -0.1) is 11.3 Å². The molecular weight excluding hydrogens is 306 g/mol. The third-order valence-electron chi connectivity index (χ3n) is 3.14. The summed E-state index contributed by atoms with van der Waals surface area (Å²) in [7, 11) is -3.52. The van der Waals surface area contributed by atoms with Crippen LogP contribution in [0, 0.1) is 6.92 Å². The second-order valence-corrected chi connectivity index (χ2v) is 8.12. The number of aryl methyl sites for hydroxylation is 1. The average Bonchev–Trinajstić information content (AvgIpc) is 2.95. The number of nitrogens with one attached hydrogen (secondary N) is 1. The van der Waals surface area contributed by atoms with Crippen molar-refractivity contribution in [3.05, 3.63) is 52.9 Å². The van der Waals surface area contributed by atoms with Gasteiger partial charge < -0.3 is 5.32 Å². The van der Waals surface area contributed by atoms with Gasteiger partial charge in [-0.25, -0.2) is 8.42 Å². The zero-order valence-corrected chi connectivity index (χ0v) is 13.5. The van der Waals surface area contributed by atoms with Gasteiger partial charge >= 0.3 is 0 Å². The van der Waals surface area contributed by atoms with Gasteiger partial charge in [0.1, 0.15) is 9.46 Å². The van der Waals surface area contributed by atoms with E-state index in [4.69, 9.17) is 0 Å². The first-order chi connectivity index (χ1) is 9.91. The maximum Gasteiger partial charge on any atom is 0.216 e. The van der Waals surface area contributed by atoms with Gasteiger partial charge in [0.2, 0.25) is 5.91 Å². The maximum absolute atomic E-state index is 12.8. The van der Waals surface area contributed by atoms with E-state index < -0.39 is 15.1 Å². The molecule has 0 aliphatic carbocycles. The van der Waals surface area contributed by atoms with Gasteiger partial charge in [-0.05, 0) is 23.9 Å². The second-order valence-electron chi connectivity index (χ2n) is 4.81. The van der Waals surface area contributed by atoms with Crippen molar-refractivity contribution in [2.24, 2.45) is 0 Å². The van der Waals surface area contributed by atoms with Crippen molar-refractivity contribution in [1.29, 1.82) is 0 Å². The fourth-order valence-electron chi connectivity index (χ4n) is 1.99. The van der Waals surface area contributed by atoms with Crippen LogP contribution in [0.3, 0.4) is 0 Å². The van der Waals surface area contributed by atoms with E-state index in [1.165, 1.54) is 18.3 Å². The van der Waals surface area contributed by atoms with E-state index in [1.807, 2.05) is 19.1 Å². The van der Waals surface area contributed by atoms with Crippen LogP contribution in [-0.4, -0.2) is 20.9 Å². The van der Waals surface area contributed by atoms with Gasteiger partial charge in [0, 0.05) is 13.5 Å². The molecule has 2 aromatic rings. The van der Waals surface area contributed by atoms with Crippen LogP contribution in [-0.2, 0) is 14.6 Å². The maximum atomic E-state index is 12.8. The lowest BCUT2D eigenvalue weighted by atomic mass is 10.1. The highest BCUT2D eigenvalue weighted by Crippen LogP contribution is 2.31. The lowest BCUT2D eigenvalue weighted by molar-refractivity contribution is -0.118. The van der Waals surface area contributed by atoms with Crippen LogP contribution in [0.5, 0.6) is 0 Å². The highest BCUT2D eigenvalue weighted by Gasteiger charge is 2.30. The summed E-state index contributed by atoms with van der Waals surface area (Å²) in [6.45, 7) is 3.39. The van der Waals surface area contributed by atoms with Gasteiger partial charge in [0.05, 0.1) is 0 Å². The Morgan fingerprint density at radius 3 is 2.43 bits per heavy atom. The molecule has 2 rings (SSSR count). The van der Waals surface area contributed by atoms with Gasteiger partial charge in [-0.3, -0.25) is 4.79 Å². The Morgan fingerprint density at radius 1 is 1.24 bits per heavy atom. The van der Waals surface area contributed by atoms with Gasteiger partial charge in [0.25, 0.3) is 0 Å². The van der Waals surface area contributed by atoms with Crippen LogP contribution < -0.4 is 5.32 Å². The molecule has 0 bridgehead atoms. The van der Waals surface area contributed by atoms with Crippen LogP contribution in [0.2, 0.25) is 0 Å². The first-order valence-electron chi connectivity index (χ1n) is 6.49. The zero-order chi connectivity index (χ0) is 15.5. The third-order valence-corrected chi connectivity index (χ3v) is 6.67. The highest BCUT2D eigenvalue weighted by atomic mass is 32.2. The molecule has 1 aromatic heterocycles. The molecule has 0 saturated carbocycles. The molecular formula is C15H17NO3S2. The lowest BCUT2D eigenvalue weighted by Crippen LogP contribution is -2.30. The zero-order valence-electron chi connectivity index (χ0n) is 11.9. The number of hydrogen-bond donors (Lipinski definition) is 1. The number of thiophene rings is 1. The fraction of sp³-hybridized carbons (Fsp3) is 0.267. The standard InChI is InChI=1S/C15H17NO3S2/c1-11-5-7-13(8-6-11)14(10-16-12(2)17)21(18,19)15-4-3-9-20-15/h3-9,14H,10H2,1-2H3,(H,16,17)/t14-/m0/s1. The van der Waals surface area contributed by atoms with Gasteiger partial charge in [0.15, 0.2) is 9.84 Å². The Morgan fingerprint density at radius 2 is 1.90 bits per heavy atom. The number of carbonyl (C=O) groups is 1. The Kier molecular flexibility index (Phi) is 4.80. The first-order valence-corrected chi connectivity index (χ1v) is 8.92. The third kappa shape index (κ3) is 3.71. The SMILES string of the molecule is CC(=O)NC[C@@H](c1ccc(C)cc1)S(=O)(=O)c1cccs1. The number of hydrogen-bond acceptors (Lipinski definition) is 4. The lowest BCUT2D eigenvalue weighted by Gasteiger charge is -2.18. The summed E-state index contributed by atoms with van der Waals surface area (Å²) in [5, 5.41) is 3.57. The molecule has 0 unspecified atom stereocenters. The van der Waals surface area contributed by atoms with E-state index in [9.17, 15) is 13.2 Å². The van der Waals surface area contributed by atoms with Crippen molar-refractivity contribution in [1.82, 2.24) is 5.32 Å². The molecule has 0 fully saturated rings. The van der Waals surface area contributed by atoms with E-state index in [2.05, 4.69) is 5.32 Å². The summed E-state index contributed by atoms with van der Waals surface area (Å²) in [6, 6.07) is 10.6. The van der Waals surface area contributed by atoms with Crippen LogP contribution in [0.15, 0.2) is 46.0 Å². The summed E-state index contributed by atoms with van der Waals surface area (Å²) < 4.78 is 25.8. The van der Waals surface area contributed by atoms with Crippen LogP contribution in [0.4, 0.5) is 0 Å². The summed E-state index contributed by atoms with van der Waals surface area (Å²) in [5.41, 5.74) is 1.74. The number of carbonyl (C=O) groups excluding carboxylic acids is 1. The summed E-state index contributed by atoms with van der Waals surface area (Å²) in [6.07, 6.45) is 0. The Labute approximate surface area is 128 Å². The molecule has 0 aliphatic rings. The largest absolute Gasteiger partial charge is 0.355 e. The predicted octanol–water partition coefficient (Wildman–Crippen LogP) is 2.71. The van der Waals surface area contributed by atoms with E-state index in [0.717, 1.165) is 5.56 Å². The first kappa shape index (κ1) is 15.7. The Hall–Kier alpha value is -1.66. The van der Waals surface area contributed by atoms with E-state index in [-0.39, 0.29) is 12.5 Å². The topological polar surface area (TPSA) is 63.2 Å². The molecule has 0 saturated heterocycles. The van der Waals surface area contributed by atoms with Crippen molar-refractivity contribution in [3.63, 3.8) is 0 Å². The number of benzene rings is 1. The van der Waals surface area contributed by atoms with Crippen molar-refractivity contribution >= 4 is 27.1 Å². The summed E-state index contributed by atoms with van der Waals surface area (Å²) in [4.78, 5) is 11.1. The quantitative estimate of drug-likeness (QED) is 0.920. The Bertz CT molecular complexity index is 704. The van der Waals surface area contributed by atoms with Crippen molar-refractivity contribution in [2.45, 2.75) is 23.3 Å². The Balaban J connectivity index is 2.41. The van der Waals surface area contributed by atoms with E-state index in [0.29, 0.717) is 9.77 Å². The molecule has 112 valence electrons. The second kappa shape index (κ2) is 6.41. The van der Waals surface area contributed by atoms with E-state index in [1.54, 1.807) is 29.6 Å². The van der Waals surface area contributed by atoms with E-state index >= 15 is 0 Å². The van der Waals surface area contributed by atoms with Crippen LogP contribution >= 0.6 is 11.3 Å². The average molecular weight is 323 g/mol. The van der Waals surface area contributed by atoms with Gasteiger partial charge in [-0.2, -0.15) is 0 Å². The van der Waals surface area contributed by atoms with Gasteiger partial charge in [-0.1, -0.05) is 35.9 Å². The molecule has 1 N–H and O–H groups in total. The van der Waals surface area contributed by atoms with Crippen molar-refractivity contribution in [2.75, 3.05) is 6.54 Å². The molecule has 0 radical (unpaired) electrons. The molecule has 1 aromatic carbocycles.